The Balaban J connectivity index is 1.77. The van der Waals surface area contributed by atoms with E-state index in [0.717, 1.165) is 23.5 Å². The zero-order valence-electron chi connectivity index (χ0n) is 15.0. The summed E-state index contributed by atoms with van der Waals surface area (Å²) >= 11 is -0.801. The number of benzene rings is 1. The lowest BCUT2D eigenvalue weighted by Crippen LogP contribution is -2.45. The largest absolute Gasteiger partial charge is 0.616 e. The van der Waals surface area contributed by atoms with E-state index in [-0.39, 0.29) is 18.3 Å². The van der Waals surface area contributed by atoms with Gasteiger partial charge in [0.05, 0.1) is 17.7 Å². The van der Waals surface area contributed by atoms with E-state index in [1.165, 1.54) is 0 Å². The van der Waals surface area contributed by atoms with Gasteiger partial charge in [-0.1, -0.05) is 12.1 Å². The van der Waals surface area contributed by atoms with Gasteiger partial charge in [-0.05, 0) is 56.5 Å². The van der Waals surface area contributed by atoms with Crippen LogP contribution in [0.1, 0.15) is 27.7 Å². The molecule has 1 aromatic rings. The molecule has 5 nitrogen and oxygen atoms in total. The Bertz CT molecular complexity index is 617. The summed E-state index contributed by atoms with van der Waals surface area (Å²) in [6, 6.07) is 8.19. The van der Waals surface area contributed by atoms with Gasteiger partial charge in [0.25, 0.3) is 0 Å². The highest BCUT2D eigenvalue weighted by molar-refractivity contribution is 7.92. The quantitative estimate of drug-likeness (QED) is 0.602. The van der Waals surface area contributed by atoms with Crippen molar-refractivity contribution in [3.8, 4) is 0 Å². The SMILES string of the molecule is CN=C1C[S+]([O-])CCN1c1ccc(B2OC(C)(C)C(C)(C)O2)cc1. The molecule has 1 atom stereocenters. The second kappa shape index (κ2) is 6.37. The van der Waals surface area contributed by atoms with Gasteiger partial charge in [-0.25, -0.2) is 0 Å². The van der Waals surface area contributed by atoms with Crippen LogP contribution in [0.25, 0.3) is 0 Å². The molecule has 2 aliphatic heterocycles. The molecule has 24 heavy (non-hydrogen) atoms. The molecule has 2 heterocycles. The third kappa shape index (κ3) is 3.22. The van der Waals surface area contributed by atoms with Gasteiger partial charge in [-0.2, -0.15) is 0 Å². The van der Waals surface area contributed by atoms with Crippen LogP contribution in [0.4, 0.5) is 5.69 Å². The Hall–Kier alpha value is -1.02. The van der Waals surface area contributed by atoms with Crippen molar-refractivity contribution < 1.29 is 13.9 Å². The molecule has 0 aliphatic carbocycles. The van der Waals surface area contributed by atoms with Gasteiger partial charge in [0, 0.05) is 12.7 Å². The van der Waals surface area contributed by atoms with Gasteiger partial charge in [0.1, 0.15) is 5.75 Å². The lowest BCUT2D eigenvalue weighted by atomic mass is 9.79. The maximum absolute atomic E-state index is 11.7. The first-order valence-electron chi connectivity index (χ1n) is 8.27. The monoisotopic (exact) mass is 348 g/mol. The summed E-state index contributed by atoms with van der Waals surface area (Å²) in [5.74, 6) is 2.08. The van der Waals surface area contributed by atoms with Crippen LogP contribution in [-0.2, 0) is 20.5 Å². The van der Waals surface area contributed by atoms with Crippen LogP contribution < -0.4 is 10.4 Å². The zero-order chi connectivity index (χ0) is 17.5. The number of hydrogen-bond acceptors (Lipinski definition) is 4. The Kier molecular flexibility index (Phi) is 4.72. The average molecular weight is 348 g/mol. The Morgan fingerprint density at radius 2 is 1.71 bits per heavy atom. The van der Waals surface area contributed by atoms with Crippen molar-refractivity contribution in [3.05, 3.63) is 24.3 Å². The van der Waals surface area contributed by atoms with Crippen LogP contribution in [0.2, 0.25) is 0 Å². The maximum atomic E-state index is 11.7. The molecule has 1 unspecified atom stereocenters. The first-order valence-corrected chi connectivity index (χ1v) is 9.76. The lowest BCUT2D eigenvalue weighted by molar-refractivity contribution is 0.00578. The minimum atomic E-state index is -0.801. The van der Waals surface area contributed by atoms with Crippen LogP contribution in [0.5, 0.6) is 0 Å². The number of anilines is 1. The highest BCUT2D eigenvalue weighted by Gasteiger charge is 2.51. The Morgan fingerprint density at radius 3 is 2.25 bits per heavy atom. The van der Waals surface area contributed by atoms with Crippen molar-refractivity contribution in [1.82, 2.24) is 0 Å². The predicted octanol–water partition coefficient (Wildman–Crippen LogP) is 1.58. The fourth-order valence-electron chi connectivity index (χ4n) is 2.87. The summed E-state index contributed by atoms with van der Waals surface area (Å²) in [4.78, 5) is 6.43. The first-order chi connectivity index (χ1) is 11.2. The minimum absolute atomic E-state index is 0.338. The van der Waals surface area contributed by atoms with Crippen LogP contribution in [0.3, 0.4) is 0 Å². The summed E-state index contributed by atoms with van der Waals surface area (Å²) in [6.45, 7) is 8.95. The van der Waals surface area contributed by atoms with Gasteiger partial charge >= 0.3 is 7.12 Å². The molecule has 0 aromatic heterocycles. The molecule has 0 saturated carbocycles. The fourth-order valence-corrected chi connectivity index (χ4v) is 3.97. The van der Waals surface area contributed by atoms with Crippen LogP contribution in [0, 0.1) is 0 Å². The van der Waals surface area contributed by atoms with Crippen molar-refractivity contribution in [2.75, 3.05) is 30.0 Å². The van der Waals surface area contributed by atoms with E-state index < -0.39 is 11.2 Å². The summed E-state index contributed by atoms with van der Waals surface area (Å²) in [6.07, 6.45) is 0. The molecule has 130 valence electrons. The van der Waals surface area contributed by atoms with Crippen molar-refractivity contribution in [2.45, 2.75) is 38.9 Å². The van der Waals surface area contributed by atoms with E-state index in [4.69, 9.17) is 9.31 Å². The van der Waals surface area contributed by atoms with Crippen LogP contribution in [-0.4, -0.2) is 53.8 Å². The molecule has 1 aromatic carbocycles. The van der Waals surface area contributed by atoms with Crippen molar-refractivity contribution >= 4 is 35.3 Å². The van der Waals surface area contributed by atoms with E-state index in [1.807, 2.05) is 12.1 Å². The maximum Gasteiger partial charge on any atom is 0.494 e. The first kappa shape index (κ1) is 17.8. The summed E-state index contributed by atoms with van der Waals surface area (Å²) in [5, 5.41) is 0. The van der Waals surface area contributed by atoms with Gasteiger partial charge < -0.3 is 18.8 Å². The second-order valence-electron chi connectivity index (χ2n) is 7.26. The molecule has 0 N–H and O–H groups in total. The number of amidine groups is 1. The Morgan fingerprint density at radius 1 is 1.12 bits per heavy atom. The third-order valence-electron chi connectivity index (χ3n) is 5.13. The topological polar surface area (TPSA) is 57.1 Å². The molecule has 0 spiro atoms. The molecular weight excluding hydrogens is 323 g/mol. The smallest absolute Gasteiger partial charge is 0.494 e. The molecule has 3 rings (SSSR count). The highest BCUT2D eigenvalue weighted by atomic mass is 32.2. The van der Waals surface area contributed by atoms with E-state index in [2.05, 4.69) is 49.7 Å². The third-order valence-corrected chi connectivity index (χ3v) is 6.35. The van der Waals surface area contributed by atoms with E-state index in [0.29, 0.717) is 11.5 Å². The standard InChI is InChI=1S/C17H25BN2O3S/c1-16(2)17(3,4)23-18(22-16)13-6-8-14(9-7-13)20-10-11-24(21)12-15(20)19-5/h6-9H,10-12H2,1-5H3. The van der Waals surface area contributed by atoms with Gasteiger partial charge in [0.2, 0.25) is 0 Å². The Labute approximate surface area is 147 Å². The second-order valence-corrected chi connectivity index (χ2v) is 8.84. The van der Waals surface area contributed by atoms with Crippen LogP contribution >= 0.6 is 0 Å². The van der Waals surface area contributed by atoms with Gasteiger partial charge in [-0.3, -0.25) is 4.99 Å². The summed E-state index contributed by atoms with van der Waals surface area (Å²) in [7, 11) is 1.40. The predicted molar refractivity (Wildman–Crippen MR) is 101 cm³/mol. The zero-order valence-corrected chi connectivity index (χ0v) is 15.9. The molecular formula is C17H25BN2O3S. The van der Waals surface area contributed by atoms with Crippen LogP contribution in [0.15, 0.2) is 29.3 Å². The highest BCUT2D eigenvalue weighted by Crippen LogP contribution is 2.36. The molecule has 2 saturated heterocycles. The normalized spacial score (nSPS) is 27.8. The van der Waals surface area contributed by atoms with Crippen molar-refractivity contribution in [1.29, 1.82) is 0 Å². The average Bonchev–Trinajstić information content (AvgIpc) is 2.75. The van der Waals surface area contributed by atoms with Crippen molar-refractivity contribution in [3.63, 3.8) is 0 Å². The molecule has 2 aliphatic rings. The van der Waals surface area contributed by atoms with Gasteiger partial charge in [-0.15, -0.1) is 0 Å². The van der Waals surface area contributed by atoms with E-state index in [1.54, 1.807) is 7.05 Å². The lowest BCUT2D eigenvalue weighted by Gasteiger charge is -2.32. The van der Waals surface area contributed by atoms with Gasteiger partial charge in [0.15, 0.2) is 11.6 Å². The number of rotatable bonds is 2. The molecule has 0 radical (unpaired) electrons. The molecule has 0 amide bonds. The summed E-state index contributed by atoms with van der Waals surface area (Å²) < 4.78 is 23.9. The summed E-state index contributed by atoms with van der Waals surface area (Å²) in [5.41, 5.74) is 1.39. The number of aliphatic imine (C=N–C) groups is 1. The molecule has 7 heteroatoms. The molecule has 0 bridgehead atoms. The minimum Gasteiger partial charge on any atom is -0.616 e. The van der Waals surface area contributed by atoms with Crippen molar-refractivity contribution in [2.24, 2.45) is 4.99 Å². The van der Waals surface area contributed by atoms with E-state index in [9.17, 15) is 4.55 Å². The number of nitrogens with zero attached hydrogens (tertiary/aromatic N) is 2. The molecule has 2 fully saturated rings. The number of hydrogen-bond donors (Lipinski definition) is 0. The fraction of sp³-hybridized carbons (Fsp3) is 0.588. The van der Waals surface area contributed by atoms with E-state index >= 15 is 0 Å².